The summed E-state index contributed by atoms with van der Waals surface area (Å²) in [6, 6.07) is 13.1. The summed E-state index contributed by atoms with van der Waals surface area (Å²) in [6.07, 6.45) is 0.978. The maximum Gasteiger partial charge on any atom is 0.146 e. The van der Waals surface area contributed by atoms with Gasteiger partial charge in [-0.15, -0.1) is 0 Å². The smallest absolute Gasteiger partial charge is 0.146 e. The van der Waals surface area contributed by atoms with Crippen LogP contribution in [0.4, 0.5) is 0 Å². The minimum absolute atomic E-state index is 0.513. The highest BCUT2D eigenvalue weighted by Gasteiger charge is 2.04. The van der Waals surface area contributed by atoms with E-state index in [1.54, 1.807) is 18.2 Å². The van der Waals surface area contributed by atoms with E-state index in [1.807, 2.05) is 18.2 Å². The number of aryl methyl sites for hydroxylation is 1. The summed E-state index contributed by atoms with van der Waals surface area (Å²) in [5, 5.41) is 1.11. The first-order valence-electron chi connectivity index (χ1n) is 5.41. The predicted molar refractivity (Wildman–Crippen MR) is 72.4 cm³/mol. The van der Waals surface area contributed by atoms with Gasteiger partial charge in [-0.25, -0.2) is 0 Å². The molecule has 0 N–H and O–H groups in total. The zero-order chi connectivity index (χ0) is 12.3. The summed E-state index contributed by atoms with van der Waals surface area (Å²) >= 11 is 11.9. The summed E-state index contributed by atoms with van der Waals surface area (Å²) in [5.41, 5.74) is 1.23. The molecule has 0 saturated carbocycles. The average Bonchev–Trinajstić information content (AvgIpc) is 2.33. The molecule has 0 aliphatic rings. The lowest BCUT2D eigenvalue weighted by molar-refractivity contribution is 0.482. The molecule has 0 amide bonds. The Morgan fingerprint density at radius 3 is 2.59 bits per heavy atom. The molecule has 0 heterocycles. The second-order valence-electron chi connectivity index (χ2n) is 3.68. The molecule has 17 heavy (non-hydrogen) atoms. The molecule has 0 aliphatic carbocycles. The molecule has 2 rings (SSSR count). The quantitative estimate of drug-likeness (QED) is 0.728. The van der Waals surface area contributed by atoms with Crippen molar-refractivity contribution < 1.29 is 4.74 Å². The highest BCUT2D eigenvalue weighted by Crippen LogP contribution is 2.31. The van der Waals surface area contributed by atoms with E-state index in [4.69, 9.17) is 27.9 Å². The molecule has 2 aromatic carbocycles. The molecule has 0 fully saturated rings. The summed E-state index contributed by atoms with van der Waals surface area (Å²) < 4.78 is 5.72. The predicted octanol–water partition coefficient (Wildman–Crippen LogP) is 5.35. The Bertz CT molecular complexity index is 523. The highest BCUT2D eigenvalue weighted by molar-refractivity contribution is 6.35. The molecule has 3 heteroatoms. The van der Waals surface area contributed by atoms with Gasteiger partial charge in [0.05, 0.1) is 5.02 Å². The second-order valence-corrected chi connectivity index (χ2v) is 4.52. The fourth-order valence-electron chi connectivity index (χ4n) is 1.51. The van der Waals surface area contributed by atoms with Crippen molar-refractivity contribution in [1.29, 1.82) is 0 Å². The van der Waals surface area contributed by atoms with E-state index in [0.717, 1.165) is 12.2 Å². The monoisotopic (exact) mass is 266 g/mol. The van der Waals surface area contributed by atoms with E-state index in [9.17, 15) is 0 Å². The number of benzene rings is 2. The van der Waals surface area contributed by atoms with Crippen LogP contribution in [0.2, 0.25) is 10.0 Å². The van der Waals surface area contributed by atoms with Crippen molar-refractivity contribution >= 4 is 23.2 Å². The Morgan fingerprint density at radius 2 is 1.88 bits per heavy atom. The van der Waals surface area contributed by atoms with Gasteiger partial charge >= 0.3 is 0 Å². The van der Waals surface area contributed by atoms with Gasteiger partial charge < -0.3 is 4.74 Å². The first kappa shape index (κ1) is 12.3. The lowest BCUT2D eigenvalue weighted by Gasteiger charge is -2.08. The minimum atomic E-state index is 0.513. The molecule has 0 aliphatic heterocycles. The molecule has 0 spiro atoms. The zero-order valence-corrected chi connectivity index (χ0v) is 10.9. The Kier molecular flexibility index (Phi) is 3.93. The number of hydrogen-bond donors (Lipinski definition) is 0. The summed E-state index contributed by atoms with van der Waals surface area (Å²) in [4.78, 5) is 0. The maximum absolute atomic E-state index is 6.04. The standard InChI is InChI=1S/C14H12Cl2O/c1-2-10-4-3-5-12(8-10)17-14-7-6-11(15)9-13(14)16/h3-9H,2H2,1H3. The van der Waals surface area contributed by atoms with Crippen LogP contribution in [0, 0.1) is 0 Å². The maximum atomic E-state index is 6.04. The first-order valence-corrected chi connectivity index (χ1v) is 6.16. The van der Waals surface area contributed by atoms with Crippen LogP contribution in [0.25, 0.3) is 0 Å². The Labute approximate surface area is 111 Å². The number of ether oxygens (including phenoxy) is 1. The molecule has 88 valence electrons. The van der Waals surface area contributed by atoms with Gasteiger partial charge in [0.15, 0.2) is 0 Å². The van der Waals surface area contributed by atoms with Gasteiger partial charge in [0.1, 0.15) is 11.5 Å². The van der Waals surface area contributed by atoms with Crippen molar-refractivity contribution in [2.75, 3.05) is 0 Å². The van der Waals surface area contributed by atoms with Gasteiger partial charge in [0.25, 0.3) is 0 Å². The number of halogens is 2. The molecule has 0 bridgehead atoms. The third kappa shape index (κ3) is 3.15. The molecule has 2 aromatic rings. The van der Waals surface area contributed by atoms with Gasteiger partial charge in [0.2, 0.25) is 0 Å². The van der Waals surface area contributed by atoms with Gasteiger partial charge in [-0.3, -0.25) is 0 Å². The van der Waals surface area contributed by atoms with Crippen molar-refractivity contribution in [3.05, 3.63) is 58.1 Å². The average molecular weight is 267 g/mol. The van der Waals surface area contributed by atoms with E-state index in [1.165, 1.54) is 5.56 Å². The molecule has 0 atom stereocenters. The van der Waals surface area contributed by atoms with Crippen molar-refractivity contribution in [3.8, 4) is 11.5 Å². The van der Waals surface area contributed by atoms with E-state index >= 15 is 0 Å². The van der Waals surface area contributed by atoms with E-state index < -0.39 is 0 Å². The van der Waals surface area contributed by atoms with Crippen LogP contribution in [0.1, 0.15) is 12.5 Å². The van der Waals surface area contributed by atoms with Gasteiger partial charge in [-0.2, -0.15) is 0 Å². The third-order valence-corrected chi connectivity index (χ3v) is 2.96. The molecular weight excluding hydrogens is 255 g/mol. The lowest BCUT2D eigenvalue weighted by Crippen LogP contribution is -1.87. The van der Waals surface area contributed by atoms with Crippen LogP contribution < -0.4 is 4.74 Å². The van der Waals surface area contributed by atoms with Crippen LogP contribution in [0.3, 0.4) is 0 Å². The fraction of sp³-hybridized carbons (Fsp3) is 0.143. The van der Waals surface area contributed by atoms with E-state index in [-0.39, 0.29) is 0 Å². The van der Waals surface area contributed by atoms with E-state index in [0.29, 0.717) is 15.8 Å². The van der Waals surface area contributed by atoms with Crippen LogP contribution in [-0.2, 0) is 6.42 Å². The summed E-state index contributed by atoms with van der Waals surface area (Å²) in [5.74, 6) is 1.40. The first-order chi connectivity index (χ1) is 8.19. The zero-order valence-electron chi connectivity index (χ0n) is 9.41. The number of hydrogen-bond acceptors (Lipinski definition) is 1. The Balaban J connectivity index is 2.25. The normalized spacial score (nSPS) is 10.3. The fourth-order valence-corrected chi connectivity index (χ4v) is 1.96. The molecule has 0 radical (unpaired) electrons. The van der Waals surface area contributed by atoms with Crippen LogP contribution in [-0.4, -0.2) is 0 Å². The van der Waals surface area contributed by atoms with Crippen LogP contribution in [0.15, 0.2) is 42.5 Å². The summed E-state index contributed by atoms with van der Waals surface area (Å²) in [7, 11) is 0. The van der Waals surface area contributed by atoms with Crippen molar-refractivity contribution in [2.24, 2.45) is 0 Å². The second kappa shape index (κ2) is 5.44. The van der Waals surface area contributed by atoms with Gasteiger partial charge in [-0.05, 0) is 42.3 Å². The van der Waals surface area contributed by atoms with Crippen LogP contribution >= 0.6 is 23.2 Å². The van der Waals surface area contributed by atoms with Crippen molar-refractivity contribution in [1.82, 2.24) is 0 Å². The molecule has 0 saturated heterocycles. The van der Waals surface area contributed by atoms with Gasteiger partial charge in [-0.1, -0.05) is 42.3 Å². The minimum Gasteiger partial charge on any atom is -0.456 e. The number of rotatable bonds is 3. The topological polar surface area (TPSA) is 9.23 Å². The molecule has 1 nitrogen and oxygen atoms in total. The van der Waals surface area contributed by atoms with E-state index in [2.05, 4.69) is 13.0 Å². The lowest BCUT2D eigenvalue weighted by atomic mass is 10.2. The highest BCUT2D eigenvalue weighted by atomic mass is 35.5. The van der Waals surface area contributed by atoms with Crippen molar-refractivity contribution in [3.63, 3.8) is 0 Å². The Hall–Kier alpha value is -1.18. The third-order valence-electron chi connectivity index (χ3n) is 2.43. The van der Waals surface area contributed by atoms with Gasteiger partial charge in [0, 0.05) is 5.02 Å². The SMILES string of the molecule is CCc1cccc(Oc2ccc(Cl)cc2Cl)c1. The van der Waals surface area contributed by atoms with Crippen LogP contribution in [0.5, 0.6) is 11.5 Å². The summed E-state index contributed by atoms with van der Waals surface area (Å²) in [6.45, 7) is 2.11. The Morgan fingerprint density at radius 1 is 1.06 bits per heavy atom. The molecule has 0 aromatic heterocycles. The van der Waals surface area contributed by atoms with Crippen molar-refractivity contribution in [2.45, 2.75) is 13.3 Å². The molecular formula is C14H12Cl2O. The molecule has 0 unspecified atom stereocenters. The largest absolute Gasteiger partial charge is 0.456 e.